The van der Waals surface area contributed by atoms with Crippen molar-refractivity contribution in [2.24, 2.45) is 5.84 Å². The normalized spacial score (nSPS) is 8.15. The van der Waals surface area contributed by atoms with Crippen LogP contribution in [0.1, 0.15) is 6.92 Å². The Morgan fingerprint density at radius 1 is 1.54 bits per heavy atom. The van der Waals surface area contributed by atoms with Gasteiger partial charge in [0.1, 0.15) is 0 Å². The molecule has 0 bridgehead atoms. The number of carbonyl (C=O) groups excluding carboxylic acids is 1. The van der Waals surface area contributed by atoms with E-state index in [1.165, 1.54) is 13.1 Å². The third kappa shape index (κ3) is 5.32. The van der Waals surface area contributed by atoms with Gasteiger partial charge < -0.3 is 11.5 Å². The van der Waals surface area contributed by atoms with Crippen molar-refractivity contribution in [2.45, 2.75) is 6.92 Å². The molecule has 0 aromatic carbocycles. The van der Waals surface area contributed by atoms with E-state index in [9.17, 15) is 4.79 Å². The summed E-state index contributed by atoms with van der Waals surface area (Å²) in [5, 5.41) is 9.99. The van der Waals surface area contributed by atoms with Gasteiger partial charge in [-0.1, -0.05) is 0 Å². The monoisotopic (exact) mass is 185 g/mol. The van der Waals surface area contributed by atoms with Crippen molar-refractivity contribution in [1.29, 1.82) is 0 Å². The van der Waals surface area contributed by atoms with Crippen LogP contribution >= 0.6 is 0 Å². The Labute approximate surface area is 74.5 Å². The highest BCUT2D eigenvalue weighted by molar-refractivity contribution is 5.71. The number of carbonyl (C=O) groups is 1. The second-order valence-corrected chi connectivity index (χ2v) is 1.98. The first-order valence-corrected chi connectivity index (χ1v) is 3.24. The van der Waals surface area contributed by atoms with Gasteiger partial charge in [0.2, 0.25) is 5.91 Å². The maximum atomic E-state index is 9.58. The van der Waals surface area contributed by atoms with Crippen LogP contribution in [-0.2, 0) is 4.79 Å². The Morgan fingerprint density at radius 3 is 2.31 bits per heavy atom. The maximum absolute atomic E-state index is 9.58. The molecule has 1 heterocycles. The van der Waals surface area contributed by atoms with Gasteiger partial charge in [0.15, 0.2) is 5.82 Å². The van der Waals surface area contributed by atoms with Gasteiger partial charge in [0.05, 0.1) is 11.9 Å². The van der Waals surface area contributed by atoms with Crippen LogP contribution in [0.4, 0.5) is 11.5 Å². The molecule has 0 aliphatic carbocycles. The number of nitrogen functional groups attached to an aromatic ring is 2. The smallest absolute Gasteiger partial charge is 0.230 e. The van der Waals surface area contributed by atoms with Crippen LogP contribution < -0.4 is 22.7 Å². The SMILES string of the molecule is CC(=O)NN.Nc1cnnnc1N. The van der Waals surface area contributed by atoms with Crippen LogP contribution in [0, 0.1) is 0 Å². The van der Waals surface area contributed by atoms with Crippen molar-refractivity contribution in [2.75, 3.05) is 11.5 Å². The highest BCUT2D eigenvalue weighted by atomic mass is 16.2. The minimum atomic E-state index is -0.218. The molecule has 0 radical (unpaired) electrons. The summed E-state index contributed by atoms with van der Waals surface area (Å²) in [5.41, 5.74) is 12.7. The molecule has 0 saturated heterocycles. The van der Waals surface area contributed by atoms with E-state index in [0.717, 1.165) is 0 Å². The molecule has 8 heteroatoms. The molecule has 13 heavy (non-hydrogen) atoms. The van der Waals surface area contributed by atoms with Crippen LogP contribution in [0.3, 0.4) is 0 Å². The van der Waals surface area contributed by atoms with Gasteiger partial charge in [-0.15, -0.1) is 10.2 Å². The minimum Gasteiger partial charge on any atom is -0.394 e. The molecule has 1 amide bonds. The lowest BCUT2D eigenvalue weighted by atomic mass is 10.5. The number of hydrogen-bond donors (Lipinski definition) is 4. The lowest BCUT2D eigenvalue weighted by Crippen LogP contribution is -2.26. The summed E-state index contributed by atoms with van der Waals surface area (Å²) in [6.45, 7) is 1.35. The number of nitrogens with zero attached hydrogens (tertiary/aromatic N) is 3. The number of nitrogens with two attached hydrogens (primary N) is 3. The molecule has 72 valence electrons. The van der Waals surface area contributed by atoms with E-state index in [2.05, 4.69) is 21.3 Å². The second-order valence-electron chi connectivity index (χ2n) is 1.98. The third-order valence-electron chi connectivity index (χ3n) is 0.900. The average molecular weight is 185 g/mol. The summed E-state index contributed by atoms with van der Waals surface area (Å²) >= 11 is 0. The predicted molar refractivity (Wildman–Crippen MR) is 46.7 cm³/mol. The third-order valence-corrected chi connectivity index (χ3v) is 0.900. The van der Waals surface area contributed by atoms with E-state index in [1.54, 1.807) is 0 Å². The quantitative estimate of drug-likeness (QED) is 0.208. The minimum absolute atomic E-state index is 0.218. The largest absolute Gasteiger partial charge is 0.394 e. The molecule has 1 aromatic heterocycles. The lowest BCUT2D eigenvalue weighted by molar-refractivity contribution is -0.119. The zero-order valence-corrected chi connectivity index (χ0v) is 7.06. The zero-order valence-electron chi connectivity index (χ0n) is 7.06. The summed E-state index contributed by atoms with van der Waals surface area (Å²) in [4.78, 5) is 9.58. The van der Waals surface area contributed by atoms with Crippen molar-refractivity contribution in [1.82, 2.24) is 20.8 Å². The van der Waals surface area contributed by atoms with E-state index in [0.29, 0.717) is 5.69 Å². The highest BCUT2D eigenvalue weighted by Gasteiger charge is 1.90. The Balaban J connectivity index is 0.000000252. The number of rotatable bonds is 0. The molecular weight excluding hydrogens is 174 g/mol. The maximum Gasteiger partial charge on any atom is 0.230 e. The fourth-order valence-corrected chi connectivity index (χ4v) is 0.286. The summed E-state index contributed by atoms with van der Waals surface area (Å²) < 4.78 is 0. The van der Waals surface area contributed by atoms with Gasteiger partial charge in [-0.2, -0.15) is 0 Å². The number of amides is 1. The molecule has 0 aliphatic rings. The number of hydrazine groups is 1. The summed E-state index contributed by atoms with van der Waals surface area (Å²) in [7, 11) is 0. The van der Waals surface area contributed by atoms with Crippen molar-refractivity contribution in [3.63, 3.8) is 0 Å². The van der Waals surface area contributed by atoms with Crippen LogP contribution in [0.25, 0.3) is 0 Å². The first-order valence-electron chi connectivity index (χ1n) is 3.24. The fourth-order valence-electron chi connectivity index (χ4n) is 0.286. The summed E-state index contributed by atoms with van der Waals surface area (Å²) in [6, 6.07) is 0. The molecule has 0 unspecified atom stereocenters. The first kappa shape index (κ1) is 11.0. The van der Waals surface area contributed by atoms with Crippen molar-refractivity contribution < 1.29 is 4.79 Å². The number of aromatic nitrogens is 3. The van der Waals surface area contributed by atoms with Crippen LogP contribution in [0.15, 0.2) is 6.20 Å². The molecule has 0 fully saturated rings. The van der Waals surface area contributed by atoms with Crippen molar-refractivity contribution >= 4 is 17.4 Å². The van der Waals surface area contributed by atoms with Crippen molar-refractivity contribution in [3.05, 3.63) is 6.20 Å². The molecule has 0 aliphatic heterocycles. The van der Waals surface area contributed by atoms with E-state index in [1.807, 2.05) is 5.43 Å². The highest BCUT2D eigenvalue weighted by Crippen LogP contribution is 2.02. The molecule has 1 aromatic rings. The van der Waals surface area contributed by atoms with Crippen LogP contribution in [-0.4, -0.2) is 21.3 Å². The molecular formula is C5H11N7O. The Morgan fingerprint density at radius 2 is 2.08 bits per heavy atom. The van der Waals surface area contributed by atoms with Gasteiger partial charge in [0.25, 0.3) is 0 Å². The van der Waals surface area contributed by atoms with Crippen LogP contribution in [0.2, 0.25) is 0 Å². The first-order chi connectivity index (χ1) is 6.07. The summed E-state index contributed by atoms with van der Waals surface area (Å²) in [6.07, 6.45) is 1.35. The van der Waals surface area contributed by atoms with Crippen molar-refractivity contribution in [3.8, 4) is 0 Å². The second kappa shape index (κ2) is 5.66. The van der Waals surface area contributed by atoms with Gasteiger partial charge in [-0.3, -0.25) is 10.2 Å². The van der Waals surface area contributed by atoms with Gasteiger partial charge in [-0.25, -0.2) is 5.84 Å². The predicted octanol–water partition coefficient (Wildman–Crippen LogP) is -1.97. The van der Waals surface area contributed by atoms with Gasteiger partial charge in [0, 0.05) is 6.92 Å². The summed E-state index contributed by atoms with van der Waals surface area (Å²) in [5.74, 6) is 4.58. The Kier molecular flexibility index (Phi) is 4.81. The molecule has 7 N–H and O–H groups in total. The van der Waals surface area contributed by atoms with E-state index in [4.69, 9.17) is 11.5 Å². The Bertz CT molecular complexity index is 254. The fraction of sp³-hybridized carbons (Fsp3) is 0.200. The average Bonchev–Trinajstić information content (AvgIpc) is 2.11. The molecule has 0 saturated carbocycles. The van der Waals surface area contributed by atoms with Gasteiger partial charge >= 0.3 is 0 Å². The number of hydrogen-bond acceptors (Lipinski definition) is 7. The molecule has 0 atom stereocenters. The van der Waals surface area contributed by atoms with Crippen LogP contribution in [0.5, 0.6) is 0 Å². The molecule has 8 nitrogen and oxygen atoms in total. The van der Waals surface area contributed by atoms with Gasteiger partial charge in [-0.05, 0) is 5.21 Å². The molecule has 0 spiro atoms. The van der Waals surface area contributed by atoms with E-state index >= 15 is 0 Å². The van der Waals surface area contributed by atoms with E-state index < -0.39 is 0 Å². The topological polar surface area (TPSA) is 146 Å². The standard InChI is InChI=1S/C3H5N5.C2H6N2O/c4-2-1-6-8-7-3(2)5;1-2(5)4-3/h1H,(H2,4,8)(H2,5,6,7);3H2,1H3,(H,4,5). The number of anilines is 2. The number of nitrogens with one attached hydrogen (secondary N) is 1. The zero-order chi connectivity index (χ0) is 10.3. The molecule has 1 rings (SSSR count). The lowest BCUT2D eigenvalue weighted by Gasteiger charge is -1.90. The Hall–Kier alpha value is -1.96. The van der Waals surface area contributed by atoms with E-state index in [-0.39, 0.29) is 11.7 Å².